The molecule has 0 saturated heterocycles. The highest BCUT2D eigenvalue weighted by Gasteiger charge is 2.55. The van der Waals surface area contributed by atoms with E-state index in [1.54, 1.807) is 12.1 Å². The van der Waals surface area contributed by atoms with Crippen molar-refractivity contribution >= 4 is 11.8 Å². The molecule has 2 aliphatic rings. The molecule has 5 nitrogen and oxygen atoms in total. The molecule has 2 aliphatic carbocycles. The van der Waals surface area contributed by atoms with Crippen LogP contribution in [0.25, 0.3) is 0 Å². The Kier molecular flexibility index (Phi) is 6.33. The first kappa shape index (κ1) is 22.5. The van der Waals surface area contributed by atoms with Crippen LogP contribution in [0.1, 0.15) is 47.7 Å². The Morgan fingerprint density at radius 1 is 1.16 bits per heavy atom. The summed E-state index contributed by atoms with van der Waals surface area (Å²) in [6, 6.07) is 15.2. The van der Waals surface area contributed by atoms with Crippen LogP contribution in [0, 0.1) is 11.7 Å². The second kappa shape index (κ2) is 9.02. The molecule has 3 atom stereocenters. The van der Waals surface area contributed by atoms with Gasteiger partial charge in [-0.3, -0.25) is 9.59 Å². The number of halogens is 1. The van der Waals surface area contributed by atoms with Crippen LogP contribution in [0.3, 0.4) is 0 Å². The van der Waals surface area contributed by atoms with Gasteiger partial charge in [0.15, 0.2) is 0 Å². The van der Waals surface area contributed by atoms with Crippen molar-refractivity contribution in [1.82, 2.24) is 15.5 Å². The van der Waals surface area contributed by atoms with E-state index in [-0.39, 0.29) is 40.8 Å². The van der Waals surface area contributed by atoms with Gasteiger partial charge in [0.05, 0.1) is 5.56 Å². The molecule has 0 aromatic heterocycles. The van der Waals surface area contributed by atoms with Crippen LogP contribution in [0.4, 0.5) is 4.39 Å². The third-order valence-electron chi connectivity index (χ3n) is 6.89. The van der Waals surface area contributed by atoms with Gasteiger partial charge >= 0.3 is 0 Å². The summed E-state index contributed by atoms with van der Waals surface area (Å²) in [6.45, 7) is 2.62. The predicted molar refractivity (Wildman–Crippen MR) is 123 cm³/mol. The Morgan fingerprint density at radius 2 is 1.88 bits per heavy atom. The van der Waals surface area contributed by atoms with E-state index in [0.717, 1.165) is 24.8 Å². The number of nitrogens with one attached hydrogen (secondary N) is 2. The predicted octanol–water partition coefficient (Wildman–Crippen LogP) is 3.28. The van der Waals surface area contributed by atoms with Gasteiger partial charge in [-0.05, 0) is 63.0 Å². The number of likely N-dealkylation sites (N-methyl/N-ethyl adjacent to an activating group) is 1. The van der Waals surface area contributed by atoms with E-state index in [0.29, 0.717) is 13.0 Å². The summed E-state index contributed by atoms with van der Waals surface area (Å²) in [4.78, 5) is 27.0. The van der Waals surface area contributed by atoms with Gasteiger partial charge in [-0.25, -0.2) is 4.39 Å². The normalized spacial score (nSPS) is 23.0. The Balaban J connectivity index is 1.34. The zero-order valence-electron chi connectivity index (χ0n) is 19.0. The second-order valence-corrected chi connectivity index (χ2v) is 9.67. The van der Waals surface area contributed by atoms with Crippen molar-refractivity contribution in [1.29, 1.82) is 0 Å². The molecule has 170 valence electrons. The monoisotopic (exact) mass is 437 g/mol. The molecule has 4 rings (SSSR count). The van der Waals surface area contributed by atoms with Gasteiger partial charge in [0, 0.05) is 30.0 Å². The van der Waals surface area contributed by atoms with E-state index >= 15 is 0 Å². The van der Waals surface area contributed by atoms with Crippen LogP contribution in [0.5, 0.6) is 0 Å². The molecular weight excluding hydrogens is 405 g/mol. The maximum absolute atomic E-state index is 14.6. The average Bonchev–Trinajstić information content (AvgIpc) is 3.69. The van der Waals surface area contributed by atoms with Crippen molar-refractivity contribution in [2.45, 2.75) is 50.1 Å². The molecule has 0 spiro atoms. The molecular formula is C26H32FN3O2. The third kappa shape index (κ3) is 5.01. The molecule has 0 radical (unpaired) electrons. The fourth-order valence-corrected chi connectivity index (χ4v) is 4.30. The average molecular weight is 438 g/mol. The van der Waals surface area contributed by atoms with Gasteiger partial charge in [0.25, 0.3) is 5.91 Å². The summed E-state index contributed by atoms with van der Waals surface area (Å²) in [5.41, 5.74) is 1.99. The third-order valence-corrected chi connectivity index (χ3v) is 6.89. The maximum atomic E-state index is 14.6. The van der Waals surface area contributed by atoms with Crippen LogP contribution >= 0.6 is 0 Å². The number of carbonyl (C=O) groups excluding carboxylic acids is 2. The van der Waals surface area contributed by atoms with Crippen molar-refractivity contribution in [2.75, 3.05) is 20.6 Å². The molecule has 0 bridgehead atoms. The lowest BCUT2D eigenvalue weighted by Gasteiger charge is -2.25. The highest BCUT2D eigenvalue weighted by Crippen LogP contribution is 2.53. The number of benzene rings is 2. The second-order valence-electron chi connectivity index (χ2n) is 9.67. The van der Waals surface area contributed by atoms with Gasteiger partial charge in [-0.1, -0.05) is 43.3 Å². The first-order valence-corrected chi connectivity index (χ1v) is 11.4. The van der Waals surface area contributed by atoms with Crippen LogP contribution in [0.2, 0.25) is 0 Å². The first-order valence-electron chi connectivity index (χ1n) is 11.4. The molecule has 0 aliphatic heterocycles. The Bertz CT molecular complexity index is 990. The number of hydrogen-bond donors (Lipinski definition) is 2. The van der Waals surface area contributed by atoms with Crippen LogP contribution < -0.4 is 10.6 Å². The quantitative estimate of drug-likeness (QED) is 0.633. The number of nitrogens with zero attached hydrogens (tertiary/aromatic N) is 1. The lowest BCUT2D eigenvalue weighted by Crippen LogP contribution is -2.42. The molecule has 32 heavy (non-hydrogen) atoms. The van der Waals surface area contributed by atoms with E-state index in [4.69, 9.17) is 0 Å². The maximum Gasteiger partial charge on any atom is 0.254 e. The lowest BCUT2D eigenvalue weighted by atomic mass is 9.95. The fraction of sp³-hybridized carbons (Fsp3) is 0.462. The smallest absolute Gasteiger partial charge is 0.254 e. The first-order chi connectivity index (χ1) is 15.3. The SMILES string of the molecule is CN(C)[C@H](CNC(=O)C1CC1(C)c1ccccc1)Cc1ccc(C(=O)NC2CC2)c(F)c1. The molecule has 2 amide bonds. The minimum absolute atomic E-state index is 0.0191. The highest BCUT2D eigenvalue weighted by atomic mass is 19.1. The zero-order chi connectivity index (χ0) is 22.9. The van der Waals surface area contributed by atoms with Gasteiger partial charge in [-0.2, -0.15) is 0 Å². The summed E-state index contributed by atoms with van der Waals surface area (Å²) in [6.07, 6.45) is 3.36. The number of rotatable bonds is 9. The summed E-state index contributed by atoms with van der Waals surface area (Å²) >= 11 is 0. The van der Waals surface area contributed by atoms with Crippen molar-refractivity contribution in [3.63, 3.8) is 0 Å². The van der Waals surface area contributed by atoms with Crippen molar-refractivity contribution in [2.24, 2.45) is 5.92 Å². The molecule has 2 fully saturated rings. The standard InChI is InChI=1S/C26H32FN3O2/c1-26(18-7-5-4-6-8-18)15-22(26)25(32)28-16-20(30(2)3)13-17-9-12-21(23(27)14-17)24(31)29-19-10-11-19/h4-9,12,14,19-20,22H,10-11,13,15-16H2,1-3H3,(H,28,32)(H,29,31)/t20-,22?,26?/m0/s1. The Labute approximate surface area is 189 Å². The van der Waals surface area contributed by atoms with Gasteiger partial charge in [-0.15, -0.1) is 0 Å². The summed E-state index contributed by atoms with van der Waals surface area (Å²) < 4.78 is 14.6. The Morgan fingerprint density at radius 3 is 2.50 bits per heavy atom. The van der Waals surface area contributed by atoms with E-state index in [1.165, 1.54) is 11.6 Å². The van der Waals surface area contributed by atoms with E-state index in [1.807, 2.05) is 37.2 Å². The largest absolute Gasteiger partial charge is 0.354 e. The summed E-state index contributed by atoms with van der Waals surface area (Å²) in [7, 11) is 3.91. The van der Waals surface area contributed by atoms with Crippen LogP contribution in [-0.2, 0) is 16.6 Å². The zero-order valence-corrected chi connectivity index (χ0v) is 19.0. The van der Waals surface area contributed by atoms with Crippen molar-refractivity contribution in [3.8, 4) is 0 Å². The molecule has 2 aromatic rings. The number of carbonyl (C=O) groups is 2. The molecule has 2 aromatic carbocycles. The highest BCUT2D eigenvalue weighted by molar-refractivity contribution is 5.94. The van der Waals surface area contributed by atoms with E-state index < -0.39 is 5.82 Å². The van der Waals surface area contributed by atoms with Crippen molar-refractivity contribution < 1.29 is 14.0 Å². The van der Waals surface area contributed by atoms with E-state index in [9.17, 15) is 14.0 Å². The minimum atomic E-state index is -0.501. The van der Waals surface area contributed by atoms with Gasteiger partial charge < -0.3 is 15.5 Å². The van der Waals surface area contributed by atoms with Crippen LogP contribution in [-0.4, -0.2) is 49.4 Å². The molecule has 6 heteroatoms. The summed E-state index contributed by atoms with van der Waals surface area (Å²) in [5, 5.41) is 5.93. The molecule has 2 unspecified atom stereocenters. The molecule has 2 N–H and O–H groups in total. The Hall–Kier alpha value is -2.73. The van der Waals surface area contributed by atoms with E-state index in [2.05, 4.69) is 29.7 Å². The minimum Gasteiger partial charge on any atom is -0.354 e. The lowest BCUT2D eigenvalue weighted by molar-refractivity contribution is -0.122. The van der Waals surface area contributed by atoms with Crippen molar-refractivity contribution in [3.05, 3.63) is 71.0 Å². The molecule has 2 saturated carbocycles. The number of amides is 2. The molecule has 0 heterocycles. The summed E-state index contributed by atoms with van der Waals surface area (Å²) in [5.74, 6) is -0.798. The van der Waals surface area contributed by atoms with Gasteiger partial charge in [0.2, 0.25) is 5.91 Å². The van der Waals surface area contributed by atoms with Gasteiger partial charge in [0.1, 0.15) is 5.82 Å². The number of hydrogen-bond acceptors (Lipinski definition) is 3. The van der Waals surface area contributed by atoms with Crippen LogP contribution in [0.15, 0.2) is 48.5 Å². The fourth-order valence-electron chi connectivity index (χ4n) is 4.30. The topological polar surface area (TPSA) is 61.4 Å².